The van der Waals surface area contributed by atoms with Gasteiger partial charge in [0.2, 0.25) is 0 Å². The summed E-state index contributed by atoms with van der Waals surface area (Å²) in [6, 6.07) is 5.06. The van der Waals surface area contributed by atoms with Crippen LogP contribution < -0.4 is 9.47 Å². The monoisotopic (exact) mass is 280 g/mol. The Balaban J connectivity index is 1.77. The van der Waals surface area contributed by atoms with Gasteiger partial charge in [-0.1, -0.05) is 0 Å². The standard InChI is InChI=1S/C15H20O5/c1-17-14-10-12(11-16)5-6-13(14)18-8-9-20-15-4-2-3-7-19-15/h5-6,10-11,15H,2-4,7-9H2,1H3. The summed E-state index contributed by atoms with van der Waals surface area (Å²) in [5, 5.41) is 0. The largest absolute Gasteiger partial charge is 0.493 e. The van der Waals surface area contributed by atoms with Gasteiger partial charge in [-0.2, -0.15) is 0 Å². The van der Waals surface area contributed by atoms with Crippen molar-refractivity contribution in [1.82, 2.24) is 0 Å². The second-order valence-corrected chi connectivity index (χ2v) is 4.54. The van der Waals surface area contributed by atoms with Crippen LogP contribution in [0.25, 0.3) is 0 Å². The van der Waals surface area contributed by atoms with Gasteiger partial charge >= 0.3 is 0 Å². The van der Waals surface area contributed by atoms with Crippen LogP contribution in [-0.4, -0.2) is 39.5 Å². The van der Waals surface area contributed by atoms with Crippen LogP contribution in [-0.2, 0) is 9.47 Å². The number of hydrogen-bond donors (Lipinski definition) is 0. The lowest BCUT2D eigenvalue weighted by molar-refractivity contribution is -0.165. The van der Waals surface area contributed by atoms with Gasteiger partial charge in [-0.05, 0) is 37.5 Å². The van der Waals surface area contributed by atoms with Crippen LogP contribution in [0.1, 0.15) is 29.6 Å². The maximum absolute atomic E-state index is 10.7. The van der Waals surface area contributed by atoms with Crippen molar-refractivity contribution in [2.24, 2.45) is 0 Å². The first-order chi connectivity index (χ1) is 9.83. The average molecular weight is 280 g/mol. The second kappa shape index (κ2) is 7.87. The number of carbonyl (C=O) groups is 1. The molecule has 1 fully saturated rings. The molecular weight excluding hydrogens is 260 g/mol. The zero-order chi connectivity index (χ0) is 14.2. The van der Waals surface area contributed by atoms with E-state index in [0.717, 1.165) is 32.2 Å². The van der Waals surface area contributed by atoms with Gasteiger partial charge in [-0.3, -0.25) is 4.79 Å². The Kier molecular flexibility index (Phi) is 5.83. The summed E-state index contributed by atoms with van der Waals surface area (Å²) < 4.78 is 21.8. The molecule has 1 saturated heterocycles. The molecule has 0 N–H and O–H groups in total. The third-order valence-corrected chi connectivity index (χ3v) is 3.11. The average Bonchev–Trinajstić information content (AvgIpc) is 2.52. The summed E-state index contributed by atoms with van der Waals surface area (Å²) in [7, 11) is 1.54. The minimum absolute atomic E-state index is 0.105. The van der Waals surface area contributed by atoms with E-state index in [-0.39, 0.29) is 6.29 Å². The van der Waals surface area contributed by atoms with Crippen molar-refractivity contribution in [2.75, 3.05) is 26.9 Å². The van der Waals surface area contributed by atoms with Crippen molar-refractivity contribution in [1.29, 1.82) is 0 Å². The predicted molar refractivity (Wildman–Crippen MR) is 73.4 cm³/mol. The molecule has 2 rings (SSSR count). The van der Waals surface area contributed by atoms with E-state index in [0.29, 0.717) is 30.3 Å². The molecule has 1 aromatic carbocycles. The summed E-state index contributed by atoms with van der Waals surface area (Å²) >= 11 is 0. The summed E-state index contributed by atoms with van der Waals surface area (Å²) in [5.74, 6) is 1.15. The quantitative estimate of drug-likeness (QED) is 0.567. The molecule has 1 unspecified atom stereocenters. The van der Waals surface area contributed by atoms with Crippen molar-refractivity contribution in [3.05, 3.63) is 23.8 Å². The first-order valence-corrected chi connectivity index (χ1v) is 6.82. The van der Waals surface area contributed by atoms with Gasteiger partial charge in [0.1, 0.15) is 12.9 Å². The molecule has 1 atom stereocenters. The normalized spacial score (nSPS) is 18.6. The lowest BCUT2D eigenvalue weighted by atomic mass is 10.2. The zero-order valence-corrected chi connectivity index (χ0v) is 11.7. The first kappa shape index (κ1) is 14.8. The Hall–Kier alpha value is -1.59. The molecule has 5 nitrogen and oxygen atoms in total. The second-order valence-electron chi connectivity index (χ2n) is 4.54. The SMILES string of the molecule is COc1cc(C=O)ccc1OCCOC1CCCCO1. The van der Waals surface area contributed by atoms with Crippen LogP contribution in [0.4, 0.5) is 0 Å². The molecule has 5 heteroatoms. The number of methoxy groups -OCH3 is 1. The van der Waals surface area contributed by atoms with E-state index >= 15 is 0 Å². The third-order valence-electron chi connectivity index (χ3n) is 3.11. The maximum atomic E-state index is 10.7. The summed E-state index contributed by atoms with van der Waals surface area (Å²) in [4.78, 5) is 10.7. The summed E-state index contributed by atoms with van der Waals surface area (Å²) in [5.41, 5.74) is 0.557. The number of rotatable bonds is 7. The Morgan fingerprint density at radius 2 is 2.20 bits per heavy atom. The van der Waals surface area contributed by atoms with Crippen molar-refractivity contribution >= 4 is 6.29 Å². The van der Waals surface area contributed by atoms with Crippen molar-refractivity contribution in [2.45, 2.75) is 25.6 Å². The molecule has 0 radical (unpaired) electrons. The van der Waals surface area contributed by atoms with Gasteiger partial charge in [0, 0.05) is 12.2 Å². The molecule has 1 aliphatic rings. The highest BCUT2D eigenvalue weighted by Gasteiger charge is 2.13. The highest BCUT2D eigenvalue weighted by Crippen LogP contribution is 2.27. The zero-order valence-electron chi connectivity index (χ0n) is 11.7. The van der Waals surface area contributed by atoms with Crippen LogP contribution in [0.15, 0.2) is 18.2 Å². The van der Waals surface area contributed by atoms with Gasteiger partial charge in [0.15, 0.2) is 17.8 Å². The molecule has 1 heterocycles. The van der Waals surface area contributed by atoms with Crippen LogP contribution in [0.3, 0.4) is 0 Å². The van der Waals surface area contributed by atoms with Gasteiger partial charge in [0.25, 0.3) is 0 Å². The van der Waals surface area contributed by atoms with E-state index in [1.54, 1.807) is 25.3 Å². The van der Waals surface area contributed by atoms with Crippen molar-refractivity contribution in [3.63, 3.8) is 0 Å². The lowest BCUT2D eigenvalue weighted by Crippen LogP contribution is -2.24. The molecule has 0 saturated carbocycles. The van der Waals surface area contributed by atoms with E-state index in [1.165, 1.54) is 0 Å². The van der Waals surface area contributed by atoms with Gasteiger partial charge in [-0.15, -0.1) is 0 Å². The van der Waals surface area contributed by atoms with Crippen molar-refractivity contribution < 1.29 is 23.7 Å². The Morgan fingerprint density at radius 3 is 2.90 bits per heavy atom. The number of ether oxygens (including phenoxy) is 4. The number of carbonyl (C=O) groups excluding carboxylic acids is 1. The first-order valence-electron chi connectivity index (χ1n) is 6.82. The number of aldehydes is 1. The highest BCUT2D eigenvalue weighted by atomic mass is 16.7. The Labute approximate surface area is 118 Å². The molecule has 0 aliphatic carbocycles. The van der Waals surface area contributed by atoms with E-state index in [1.807, 2.05) is 0 Å². The number of benzene rings is 1. The van der Waals surface area contributed by atoms with Gasteiger partial charge in [-0.25, -0.2) is 0 Å². The van der Waals surface area contributed by atoms with E-state index in [9.17, 15) is 4.79 Å². The van der Waals surface area contributed by atoms with E-state index < -0.39 is 0 Å². The fourth-order valence-corrected chi connectivity index (χ4v) is 2.05. The molecule has 20 heavy (non-hydrogen) atoms. The van der Waals surface area contributed by atoms with Gasteiger partial charge in [0.05, 0.1) is 13.7 Å². The predicted octanol–water partition coefficient (Wildman–Crippen LogP) is 2.43. The van der Waals surface area contributed by atoms with E-state index in [4.69, 9.17) is 18.9 Å². The summed E-state index contributed by atoms with van der Waals surface area (Å²) in [6.45, 7) is 1.65. The number of hydrogen-bond acceptors (Lipinski definition) is 5. The molecule has 0 aromatic heterocycles. The van der Waals surface area contributed by atoms with Crippen LogP contribution in [0, 0.1) is 0 Å². The smallest absolute Gasteiger partial charge is 0.161 e. The lowest BCUT2D eigenvalue weighted by Gasteiger charge is -2.22. The highest BCUT2D eigenvalue weighted by molar-refractivity contribution is 5.76. The fourth-order valence-electron chi connectivity index (χ4n) is 2.05. The third kappa shape index (κ3) is 4.21. The molecule has 0 spiro atoms. The van der Waals surface area contributed by atoms with Crippen LogP contribution >= 0.6 is 0 Å². The molecule has 0 amide bonds. The maximum Gasteiger partial charge on any atom is 0.161 e. The molecule has 110 valence electrons. The molecular formula is C15H20O5. The van der Waals surface area contributed by atoms with E-state index in [2.05, 4.69) is 0 Å². The fraction of sp³-hybridized carbons (Fsp3) is 0.533. The topological polar surface area (TPSA) is 54.0 Å². The summed E-state index contributed by atoms with van der Waals surface area (Å²) in [6.07, 6.45) is 3.86. The van der Waals surface area contributed by atoms with Gasteiger partial charge < -0.3 is 18.9 Å². The Bertz CT molecular complexity index is 426. The van der Waals surface area contributed by atoms with Crippen LogP contribution in [0.2, 0.25) is 0 Å². The van der Waals surface area contributed by atoms with Crippen molar-refractivity contribution in [3.8, 4) is 11.5 Å². The molecule has 1 aliphatic heterocycles. The minimum atomic E-state index is -0.105. The molecule has 1 aromatic rings. The molecule has 0 bridgehead atoms. The minimum Gasteiger partial charge on any atom is -0.493 e. The van der Waals surface area contributed by atoms with Crippen LogP contribution in [0.5, 0.6) is 11.5 Å². The Morgan fingerprint density at radius 1 is 1.30 bits per heavy atom.